The van der Waals surface area contributed by atoms with Gasteiger partial charge in [0.25, 0.3) is 0 Å². The fourth-order valence-corrected chi connectivity index (χ4v) is 6.00. The van der Waals surface area contributed by atoms with E-state index in [0.29, 0.717) is 0 Å². The SMILES string of the molecule is CC[C@@H]1CN(Cc2cc([C@@H](c3ccc4c(nnn4C)c3C)C(C)(C)C(=O)OC)ccc2C)Cc2cnccc2O1. The number of aryl methyl sites for hydroxylation is 3. The minimum absolute atomic E-state index is 0.111. The summed E-state index contributed by atoms with van der Waals surface area (Å²) in [5.41, 5.74) is 7.67. The molecule has 0 spiro atoms. The number of carbonyl (C=O) groups is 1. The number of esters is 1. The van der Waals surface area contributed by atoms with Crippen molar-refractivity contribution in [3.05, 3.63) is 82.2 Å². The van der Waals surface area contributed by atoms with Gasteiger partial charge in [-0.25, -0.2) is 4.68 Å². The molecule has 0 saturated heterocycles. The summed E-state index contributed by atoms with van der Waals surface area (Å²) in [5.74, 6) is 0.425. The largest absolute Gasteiger partial charge is 0.489 e. The first-order valence-corrected chi connectivity index (χ1v) is 13.9. The lowest BCUT2D eigenvalue weighted by atomic mass is 9.69. The second kappa shape index (κ2) is 11.0. The molecule has 2 atom stereocenters. The Morgan fingerprint density at radius 3 is 2.75 bits per heavy atom. The van der Waals surface area contributed by atoms with Gasteiger partial charge in [-0.2, -0.15) is 0 Å². The van der Waals surface area contributed by atoms with Crippen LogP contribution >= 0.6 is 0 Å². The zero-order valence-corrected chi connectivity index (χ0v) is 24.6. The number of hydrogen-bond donors (Lipinski definition) is 0. The van der Waals surface area contributed by atoms with Crippen LogP contribution in [0, 0.1) is 19.3 Å². The maximum atomic E-state index is 13.2. The van der Waals surface area contributed by atoms with E-state index >= 15 is 0 Å². The number of hydrogen-bond acceptors (Lipinski definition) is 7. The van der Waals surface area contributed by atoms with E-state index in [0.717, 1.165) is 65.1 Å². The van der Waals surface area contributed by atoms with Gasteiger partial charge in [0.05, 0.1) is 18.0 Å². The Morgan fingerprint density at radius 1 is 1.20 bits per heavy atom. The summed E-state index contributed by atoms with van der Waals surface area (Å²) in [6.45, 7) is 12.7. The Hall–Kier alpha value is -3.78. The summed E-state index contributed by atoms with van der Waals surface area (Å²) in [6, 6.07) is 12.7. The van der Waals surface area contributed by atoms with Crippen LogP contribution in [0.1, 0.15) is 66.5 Å². The third-order valence-electron chi connectivity index (χ3n) is 8.39. The van der Waals surface area contributed by atoms with Crippen molar-refractivity contribution in [3.63, 3.8) is 0 Å². The number of methoxy groups -OCH3 is 1. The molecule has 8 nitrogen and oxygen atoms in total. The average Bonchev–Trinajstić information content (AvgIpc) is 3.22. The Morgan fingerprint density at radius 2 is 2.00 bits per heavy atom. The molecule has 0 N–H and O–H groups in total. The van der Waals surface area contributed by atoms with Crippen molar-refractivity contribution in [2.75, 3.05) is 13.7 Å². The predicted molar refractivity (Wildman–Crippen MR) is 155 cm³/mol. The van der Waals surface area contributed by atoms with Crippen LogP contribution in [-0.2, 0) is 29.7 Å². The van der Waals surface area contributed by atoms with Crippen LogP contribution in [0.5, 0.6) is 5.75 Å². The summed E-state index contributed by atoms with van der Waals surface area (Å²) < 4.78 is 13.4. The van der Waals surface area contributed by atoms with Gasteiger partial charge in [-0.05, 0) is 74.1 Å². The maximum absolute atomic E-state index is 13.2. The van der Waals surface area contributed by atoms with Crippen LogP contribution in [0.3, 0.4) is 0 Å². The smallest absolute Gasteiger partial charge is 0.312 e. The van der Waals surface area contributed by atoms with Crippen LogP contribution in [0.2, 0.25) is 0 Å². The normalized spacial score (nSPS) is 16.7. The third kappa shape index (κ3) is 5.08. The second-order valence-corrected chi connectivity index (χ2v) is 11.5. The summed E-state index contributed by atoms with van der Waals surface area (Å²) >= 11 is 0. The summed E-state index contributed by atoms with van der Waals surface area (Å²) in [6.07, 6.45) is 4.73. The molecular weight excluding hydrogens is 502 g/mol. The quantitative estimate of drug-likeness (QED) is 0.286. The number of benzene rings is 2. The van der Waals surface area contributed by atoms with Crippen molar-refractivity contribution < 1.29 is 14.3 Å². The summed E-state index contributed by atoms with van der Waals surface area (Å²) in [4.78, 5) is 20.0. The van der Waals surface area contributed by atoms with Crippen LogP contribution in [0.15, 0.2) is 48.8 Å². The molecule has 2 aromatic heterocycles. The molecule has 4 aromatic rings. The molecule has 1 aliphatic rings. The molecule has 0 amide bonds. The molecule has 5 rings (SSSR count). The highest BCUT2D eigenvalue weighted by atomic mass is 16.5. The molecule has 0 fully saturated rings. The number of carbonyl (C=O) groups excluding carboxylic acids is 1. The van der Waals surface area contributed by atoms with E-state index in [1.165, 1.54) is 18.2 Å². The Kier molecular flexibility index (Phi) is 7.64. The first kappa shape index (κ1) is 27.8. The number of ether oxygens (including phenoxy) is 2. The standard InChI is InChI=1S/C32H39N5O3/c1-8-25-19-37(18-24-16-33-14-13-28(24)40-25)17-23-15-22(10-9-20(23)2)29(32(4,5)31(38)39-7)26-11-12-27-30(21(26)3)34-35-36(27)6/h9-16,25,29H,8,17-19H2,1-7H3/t25-,29+/m1/s1. The highest BCUT2D eigenvalue weighted by Crippen LogP contribution is 2.44. The summed E-state index contributed by atoms with van der Waals surface area (Å²) in [5, 5.41) is 8.65. The molecule has 1 aliphatic heterocycles. The maximum Gasteiger partial charge on any atom is 0.312 e. The monoisotopic (exact) mass is 541 g/mol. The van der Waals surface area contributed by atoms with Gasteiger partial charge in [0.15, 0.2) is 0 Å². The predicted octanol–water partition coefficient (Wildman–Crippen LogP) is 5.48. The molecule has 0 radical (unpaired) electrons. The van der Waals surface area contributed by atoms with Crippen molar-refractivity contribution in [1.29, 1.82) is 0 Å². The van der Waals surface area contributed by atoms with Gasteiger partial charge in [-0.1, -0.05) is 36.4 Å². The molecule has 210 valence electrons. The van der Waals surface area contributed by atoms with Crippen molar-refractivity contribution in [2.24, 2.45) is 12.5 Å². The van der Waals surface area contributed by atoms with E-state index in [-0.39, 0.29) is 18.0 Å². The minimum Gasteiger partial charge on any atom is -0.489 e. The highest BCUT2D eigenvalue weighted by molar-refractivity contribution is 5.82. The van der Waals surface area contributed by atoms with Gasteiger partial charge in [0, 0.05) is 50.6 Å². The molecule has 0 unspecified atom stereocenters. The van der Waals surface area contributed by atoms with E-state index in [2.05, 4.69) is 65.2 Å². The molecule has 0 aliphatic carbocycles. The van der Waals surface area contributed by atoms with Crippen LogP contribution in [0.25, 0.3) is 11.0 Å². The Bertz CT molecular complexity index is 1540. The zero-order chi connectivity index (χ0) is 28.6. The number of rotatable bonds is 7. The third-order valence-corrected chi connectivity index (χ3v) is 8.39. The van der Waals surface area contributed by atoms with Gasteiger partial charge in [-0.3, -0.25) is 14.7 Å². The van der Waals surface area contributed by atoms with Crippen molar-refractivity contribution in [1.82, 2.24) is 24.9 Å². The molecule has 40 heavy (non-hydrogen) atoms. The van der Waals surface area contributed by atoms with Gasteiger partial charge < -0.3 is 9.47 Å². The Labute approximate surface area is 236 Å². The van der Waals surface area contributed by atoms with E-state index < -0.39 is 5.41 Å². The fraction of sp³-hybridized carbons (Fsp3) is 0.438. The molecule has 3 heterocycles. The fourth-order valence-electron chi connectivity index (χ4n) is 6.00. The van der Waals surface area contributed by atoms with Gasteiger partial charge in [-0.15, -0.1) is 5.10 Å². The van der Waals surface area contributed by atoms with E-state index in [4.69, 9.17) is 9.47 Å². The summed E-state index contributed by atoms with van der Waals surface area (Å²) in [7, 11) is 3.35. The Balaban J connectivity index is 1.57. The van der Waals surface area contributed by atoms with Crippen LogP contribution in [0.4, 0.5) is 0 Å². The van der Waals surface area contributed by atoms with Crippen LogP contribution < -0.4 is 4.74 Å². The lowest BCUT2D eigenvalue weighted by Gasteiger charge is -2.34. The van der Waals surface area contributed by atoms with Gasteiger partial charge in [0.2, 0.25) is 0 Å². The van der Waals surface area contributed by atoms with Crippen molar-refractivity contribution in [3.8, 4) is 5.75 Å². The number of fused-ring (bicyclic) bond motifs is 2. The van der Waals surface area contributed by atoms with Crippen LogP contribution in [-0.4, -0.2) is 50.6 Å². The molecule has 2 aromatic carbocycles. The van der Waals surface area contributed by atoms with Crippen molar-refractivity contribution in [2.45, 2.75) is 66.2 Å². The topological polar surface area (TPSA) is 82.4 Å². The van der Waals surface area contributed by atoms with E-state index in [1.54, 1.807) is 10.9 Å². The number of aromatic nitrogens is 4. The first-order valence-electron chi connectivity index (χ1n) is 13.9. The lowest BCUT2D eigenvalue weighted by Crippen LogP contribution is -2.34. The second-order valence-electron chi connectivity index (χ2n) is 11.5. The minimum atomic E-state index is -0.823. The average molecular weight is 542 g/mol. The first-order chi connectivity index (χ1) is 19.1. The van der Waals surface area contributed by atoms with Gasteiger partial charge >= 0.3 is 5.97 Å². The number of nitrogens with zero attached hydrogens (tertiary/aromatic N) is 5. The van der Waals surface area contributed by atoms with E-state index in [9.17, 15) is 4.79 Å². The molecule has 0 bridgehead atoms. The molecule has 0 saturated carbocycles. The van der Waals surface area contributed by atoms with Gasteiger partial charge in [0.1, 0.15) is 17.4 Å². The zero-order valence-electron chi connectivity index (χ0n) is 24.6. The molecular formula is C32H39N5O3. The van der Waals surface area contributed by atoms with Crippen molar-refractivity contribution >= 4 is 17.0 Å². The lowest BCUT2D eigenvalue weighted by molar-refractivity contribution is -0.151. The van der Waals surface area contributed by atoms with E-state index in [1.807, 2.05) is 39.2 Å². The number of pyridine rings is 1. The molecule has 8 heteroatoms. The highest BCUT2D eigenvalue weighted by Gasteiger charge is 2.41.